The largest absolute Gasteiger partial charge is 0.469 e. The predicted molar refractivity (Wildman–Crippen MR) is 96.1 cm³/mol. The van der Waals surface area contributed by atoms with Gasteiger partial charge in [-0.05, 0) is 44.6 Å². The first-order valence-corrected chi connectivity index (χ1v) is 9.40. The van der Waals surface area contributed by atoms with Crippen molar-refractivity contribution in [1.82, 2.24) is 0 Å². The molecule has 2 aliphatic rings. The molecule has 1 fully saturated rings. The Kier molecular flexibility index (Phi) is 4.61. The lowest BCUT2D eigenvalue weighted by Gasteiger charge is -2.57. The number of furan rings is 1. The lowest BCUT2D eigenvalue weighted by Crippen LogP contribution is -2.60. The number of allylic oxidation sites excluding steroid dienone is 1. The molecule has 1 saturated carbocycles. The number of ether oxygens (including phenoxy) is 1. The first-order chi connectivity index (χ1) is 11.7. The van der Waals surface area contributed by atoms with Crippen molar-refractivity contribution in [2.75, 3.05) is 0 Å². The van der Waals surface area contributed by atoms with Crippen LogP contribution in [-0.2, 0) is 16.0 Å². The van der Waals surface area contributed by atoms with Crippen LogP contribution in [0.3, 0.4) is 0 Å². The SMILES string of the molecule is CC/C(C)=C/C(=O)O[C@@H]1c2c(C)coc2C[C@@]2(O)CCC[C@H](C)[C@@]12C. The monoisotopic (exact) mass is 346 g/mol. The van der Waals surface area contributed by atoms with E-state index in [1.807, 2.05) is 20.8 Å². The molecule has 0 amide bonds. The van der Waals surface area contributed by atoms with Crippen LogP contribution in [0.1, 0.15) is 76.4 Å². The van der Waals surface area contributed by atoms with E-state index in [-0.39, 0.29) is 11.9 Å². The molecule has 0 bridgehead atoms. The van der Waals surface area contributed by atoms with Crippen molar-refractivity contribution in [3.63, 3.8) is 0 Å². The predicted octanol–water partition coefficient (Wildman–Crippen LogP) is 4.64. The van der Waals surface area contributed by atoms with Gasteiger partial charge in [-0.1, -0.05) is 32.8 Å². The van der Waals surface area contributed by atoms with Crippen LogP contribution in [0, 0.1) is 18.3 Å². The number of hydrogen-bond donors (Lipinski definition) is 1. The summed E-state index contributed by atoms with van der Waals surface area (Å²) in [7, 11) is 0. The van der Waals surface area contributed by atoms with E-state index in [1.54, 1.807) is 12.3 Å². The van der Waals surface area contributed by atoms with Gasteiger partial charge in [-0.25, -0.2) is 4.79 Å². The number of aryl methyl sites for hydroxylation is 1. The van der Waals surface area contributed by atoms with Gasteiger partial charge in [-0.2, -0.15) is 0 Å². The third-order valence-corrected chi connectivity index (χ3v) is 6.77. The molecule has 3 rings (SSSR count). The maximum atomic E-state index is 12.5. The van der Waals surface area contributed by atoms with Gasteiger partial charge in [0.15, 0.2) is 0 Å². The second-order valence-electron chi connectivity index (χ2n) is 8.20. The Morgan fingerprint density at radius 2 is 2.24 bits per heavy atom. The van der Waals surface area contributed by atoms with Crippen LogP contribution in [0.15, 0.2) is 22.3 Å². The fourth-order valence-corrected chi connectivity index (χ4v) is 4.71. The van der Waals surface area contributed by atoms with Crippen molar-refractivity contribution in [2.45, 2.75) is 78.4 Å². The summed E-state index contributed by atoms with van der Waals surface area (Å²) in [4.78, 5) is 12.5. The molecule has 4 heteroatoms. The molecule has 25 heavy (non-hydrogen) atoms. The Bertz CT molecular complexity index is 701. The fourth-order valence-electron chi connectivity index (χ4n) is 4.71. The minimum Gasteiger partial charge on any atom is -0.469 e. The number of fused-ring (bicyclic) bond motifs is 2. The summed E-state index contributed by atoms with van der Waals surface area (Å²) in [6.45, 7) is 10.2. The maximum Gasteiger partial charge on any atom is 0.331 e. The number of hydrogen-bond acceptors (Lipinski definition) is 4. The van der Waals surface area contributed by atoms with E-state index in [0.717, 1.165) is 41.7 Å². The lowest BCUT2D eigenvalue weighted by atomic mass is 9.51. The van der Waals surface area contributed by atoms with Crippen molar-refractivity contribution in [1.29, 1.82) is 0 Å². The second kappa shape index (κ2) is 6.31. The molecule has 0 saturated heterocycles. The van der Waals surface area contributed by atoms with Crippen LogP contribution in [0.25, 0.3) is 0 Å². The molecule has 0 spiro atoms. The molecule has 2 aliphatic carbocycles. The van der Waals surface area contributed by atoms with Crippen LogP contribution in [0.2, 0.25) is 0 Å². The number of aliphatic hydroxyl groups is 1. The van der Waals surface area contributed by atoms with E-state index in [2.05, 4.69) is 13.8 Å². The highest BCUT2D eigenvalue weighted by atomic mass is 16.5. The van der Waals surface area contributed by atoms with Gasteiger partial charge in [-0.3, -0.25) is 0 Å². The van der Waals surface area contributed by atoms with Gasteiger partial charge >= 0.3 is 5.97 Å². The Morgan fingerprint density at radius 1 is 1.52 bits per heavy atom. The Morgan fingerprint density at radius 3 is 2.92 bits per heavy atom. The van der Waals surface area contributed by atoms with Crippen molar-refractivity contribution < 1.29 is 19.1 Å². The van der Waals surface area contributed by atoms with Crippen molar-refractivity contribution >= 4 is 5.97 Å². The van der Waals surface area contributed by atoms with Gasteiger partial charge in [0.1, 0.15) is 11.9 Å². The second-order valence-corrected chi connectivity index (χ2v) is 8.20. The van der Waals surface area contributed by atoms with Crippen LogP contribution in [0.5, 0.6) is 0 Å². The van der Waals surface area contributed by atoms with Gasteiger partial charge < -0.3 is 14.3 Å². The third kappa shape index (κ3) is 2.75. The zero-order valence-corrected chi connectivity index (χ0v) is 16.0. The first kappa shape index (κ1) is 18.2. The molecule has 1 N–H and O–H groups in total. The Labute approximate surface area is 150 Å². The van der Waals surface area contributed by atoms with E-state index in [1.165, 1.54) is 0 Å². The molecular weight excluding hydrogens is 316 g/mol. The third-order valence-electron chi connectivity index (χ3n) is 6.77. The first-order valence-electron chi connectivity index (χ1n) is 9.40. The summed E-state index contributed by atoms with van der Waals surface area (Å²) in [5.41, 5.74) is 1.51. The van der Waals surface area contributed by atoms with Crippen LogP contribution >= 0.6 is 0 Å². The molecule has 0 unspecified atom stereocenters. The molecule has 0 radical (unpaired) electrons. The van der Waals surface area contributed by atoms with Gasteiger partial charge in [0, 0.05) is 23.5 Å². The molecule has 4 atom stereocenters. The number of rotatable bonds is 3. The normalized spacial score (nSPS) is 35.0. The standard InChI is InChI=1S/C21H30O4/c1-6-13(2)10-17(22)25-19-18-14(3)12-24-16(18)11-21(23)9-7-8-15(4)20(19,21)5/h10,12,15,19,23H,6-9,11H2,1-5H3/b13-10+/t15-,19+,20-,21-/m0/s1. The van der Waals surface area contributed by atoms with E-state index < -0.39 is 17.1 Å². The zero-order valence-electron chi connectivity index (χ0n) is 16.0. The number of carbonyl (C=O) groups is 1. The summed E-state index contributed by atoms with van der Waals surface area (Å²) in [6, 6.07) is 0. The molecule has 0 aromatic carbocycles. The van der Waals surface area contributed by atoms with Crippen molar-refractivity contribution in [2.24, 2.45) is 11.3 Å². The highest BCUT2D eigenvalue weighted by Crippen LogP contribution is 2.61. The summed E-state index contributed by atoms with van der Waals surface area (Å²) in [6.07, 6.45) is 6.84. The molecule has 1 heterocycles. The van der Waals surface area contributed by atoms with E-state index in [0.29, 0.717) is 12.8 Å². The highest BCUT2D eigenvalue weighted by molar-refractivity contribution is 5.83. The molecule has 0 aliphatic heterocycles. The van der Waals surface area contributed by atoms with Gasteiger partial charge in [0.25, 0.3) is 0 Å². The minimum absolute atomic E-state index is 0.253. The average Bonchev–Trinajstić information content (AvgIpc) is 2.90. The summed E-state index contributed by atoms with van der Waals surface area (Å²) < 4.78 is 11.7. The smallest absolute Gasteiger partial charge is 0.331 e. The van der Waals surface area contributed by atoms with Gasteiger partial charge in [0.05, 0.1) is 11.9 Å². The quantitative estimate of drug-likeness (QED) is 0.640. The highest BCUT2D eigenvalue weighted by Gasteiger charge is 2.62. The van der Waals surface area contributed by atoms with E-state index in [9.17, 15) is 9.90 Å². The van der Waals surface area contributed by atoms with Gasteiger partial charge in [-0.15, -0.1) is 0 Å². The summed E-state index contributed by atoms with van der Waals surface area (Å²) >= 11 is 0. The lowest BCUT2D eigenvalue weighted by molar-refractivity contribution is -0.210. The zero-order chi connectivity index (χ0) is 18.4. The molecule has 1 aromatic rings. The molecular formula is C21H30O4. The fraction of sp³-hybridized carbons (Fsp3) is 0.667. The Balaban J connectivity index is 2.08. The molecule has 1 aromatic heterocycles. The maximum absolute atomic E-state index is 12.5. The van der Waals surface area contributed by atoms with Crippen LogP contribution in [-0.4, -0.2) is 16.7 Å². The van der Waals surface area contributed by atoms with Crippen LogP contribution < -0.4 is 0 Å². The molecule has 138 valence electrons. The summed E-state index contributed by atoms with van der Waals surface area (Å²) in [5.74, 6) is 0.683. The summed E-state index contributed by atoms with van der Waals surface area (Å²) in [5, 5.41) is 11.5. The van der Waals surface area contributed by atoms with Crippen molar-refractivity contribution in [3.05, 3.63) is 34.8 Å². The van der Waals surface area contributed by atoms with Gasteiger partial charge in [0.2, 0.25) is 0 Å². The number of carbonyl (C=O) groups excluding carboxylic acids is 1. The molecule has 4 nitrogen and oxygen atoms in total. The minimum atomic E-state index is -0.906. The average molecular weight is 346 g/mol. The van der Waals surface area contributed by atoms with Crippen LogP contribution in [0.4, 0.5) is 0 Å². The number of esters is 1. The topological polar surface area (TPSA) is 59.7 Å². The van der Waals surface area contributed by atoms with E-state index >= 15 is 0 Å². The van der Waals surface area contributed by atoms with Crippen molar-refractivity contribution in [3.8, 4) is 0 Å². The van der Waals surface area contributed by atoms with E-state index in [4.69, 9.17) is 9.15 Å². The Hall–Kier alpha value is -1.55.